The van der Waals surface area contributed by atoms with Crippen LogP contribution in [0.15, 0.2) is 6.33 Å². The Hall–Kier alpha value is -1.11. The molecule has 86 valence electrons. The zero-order valence-corrected chi connectivity index (χ0v) is 8.38. The van der Waals surface area contributed by atoms with Crippen LogP contribution >= 0.6 is 0 Å². The van der Waals surface area contributed by atoms with Crippen LogP contribution in [-0.4, -0.2) is 34.0 Å². The molecule has 0 fully saturated rings. The molecule has 0 aliphatic heterocycles. The van der Waals surface area contributed by atoms with Gasteiger partial charge in [-0.1, -0.05) is 0 Å². The molecule has 1 rings (SSSR count). The van der Waals surface area contributed by atoms with Crippen LogP contribution in [0.2, 0.25) is 0 Å². The molecule has 0 spiro atoms. The molecule has 0 unspecified atom stereocenters. The minimum atomic E-state index is -4.09. The van der Waals surface area contributed by atoms with Crippen molar-refractivity contribution in [3.63, 3.8) is 0 Å². The van der Waals surface area contributed by atoms with Crippen molar-refractivity contribution in [3.05, 3.63) is 12.2 Å². The molecule has 0 aliphatic carbocycles. The average Bonchev–Trinajstić information content (AvgIpc) is 2.49. The molecule has 0 aromatic carbocycles. The molecule has 0 saturated carbocycles. The summed E-state index contributed by atoms with van der Waals surface area (Å²) in [5.74, 6) is 0.759. The Bertz CT molecular complexity index is 294. The van der Waals surface area contributed by atoms with Gasteiger partial charge in [-0.2, -0.15) is 13.2 Å². The van der Waals surface area contributed by atoms with Crippen molar-refractivity contribution >= 4 is 0 Å². The Morgan fingerprint density at radius 2 is 2.13 bits per heavy atom. The minimum absolute atomic E-state index is 0.0542. The molecule has 4 nitrogen and oxygen atoms in total. The number of hydrogen-bond donors (Lipinski definition) is 1. The lowest BCUT2D eigenvalue weighted by atomic mass is 10.3. The maximum absolute atomic E-state index is 11.8. The maximum Gasteiger partial charge on any atom is 0.390 e. The highest BCUT2D eigenvalue weighted by Gasteiger charge is 2.25. The van der Waals surface area contributed by atoms with Crippen LogP contribution in [0, 0.1) is 0 Å². The van der Waals surface area contributed by atoms with Crippen LogP contribution in [-0.2, 0) is 13.5 Å². The second-order valence-electron chi connectivity index (χ2n) is 3.22. The Balaban J connectivity index is 2.10. The van der Waals surface area contributed by atoms with E-state index in [2.05, 4.69) is 15.5 Å². The molecular weight excluding hydrogens is 209 g/mol. The topological polar surface area (TPSA) is 42.7 Å². The smallest absolute Gasteiger partial charge is 0.321 e. The van der Waals surface area contributed by atoms with Crippen molar-refractivity contribution < 1.29 is 13.2 Å². The lowest BCUT2D eigenvalue weighted by Gasteiger charge is -2.07. The maximum atomic E-state index is 11.8. The van der Waals surface area contributed by atoms with Crippen molar-refractivity contribution in [2.75, 3.05) is 13.1 Å². The van der Waals surface area contributed by atoms with Gasteiger partial charge in [0.25, 0.3) is 0 Å². The standard InChI is InChI=1S/C8H13F3N4/c1-15-6-13-14-7(15)2-4-12-5-3-8(9,10)11/h6,12H,2-5H2,1H3. The van der Waals surface area contributed by atoms with Crippen LogP contribution in [0.25, 0.3) is 0 Å². The molecule has 7 heteroatoms. The highest BCUT2D eigenvalue weighted by Crippen LogP contribution is 2.17. The van der Waals surface area contributed by atoms with Gasteiger partial charge in [-0.25, -0.2) is 0 Å². The summed E-state index contributed by atoms with van der Waals surface area (Å²) in [6, 6.07) is 0. The number of halogens is 3. The third-order valence-corrected chi connectivity index (χ3v) is 1.92. The van der Waals surface area contributed by atoms with Crippen molar-refractivity contribution in [3.8, 4) is 0 Å². The van der Waals surface area contributed by atoms with E-state index in [0.717, 1.165) is 5.82 Å². The van der Waals surface area contributed by atoms with Crippen LogP contribution in [0.3, 0.4) is 0 Å². The van der Waals surface area contributed by atoms with Gasteiger partial charge in [-0.05, 0) is 0 Å². The van der Waals surface area contributed by atoms with E-state index in [1.165, 1.54) is 0 Å². The summed E-state index contributed by atoms with van der Waals surface area (Å²) in [5.41, 5.74) is 0. The van der Waals surface area contributed by atoms with E-state index < -0.39 is 12.6 Å². The fraction of sp³-hybridized carbons (Fsp3) is 0.750. The first kappa shape index (κ1) is 12.0. The summed E-state index contributed by atoms with van der Waals surface area (Å²) in [7, 11) is 1.80. The molecule has 0 amide bonds. The molecule has 1 N–H and O–H groups in total. The molecule has 1 aromatic heterocycles. The number of nitrogens with one attached hydrogen (secondary N) is 1. The second-order valence-corrected chi connectivity index (χ2v) is 3.22. The highest BCUT2D eigenvalue weighted by molar-refractivity contribution is 4.84. The minimum Gasteiger partial charge on any atom is -0.321 e. The van der Waals surface area contributed by atoms with Crippen LogP contribution in [0.1, 0.15) is 12.2 Å². The van der Waals surface area contributed by atoms with E-state index in [9.17, 15) is 13.2 Å². The molecule has 0 radical (unpaired) electrons. The fourth-order valence-electron chi connectivity index (χ4n) is 1.09. The van der Waals surface area contributed by atoms with E-state index in [1.54, 1.807) is 17.9 Å². The molecule has 15 heavy (non-hydrogen) atoms. The van der Waals surface area contributed by atoms with E-state index in [1.807, 2.05) is 0 Å². The number of hydrogen-bond acceptors (Lipinski definition) is 3. The van der Waals surface area contributed by atoms with Gasteiger partial charge in [0.05, 0.1) is 6.42 Å². The molecule has 0 bridgehead atoms. The molecule has 0 saturated heterocycles. The quantitative estimate of drug-likeness (QED) is 0.753. The van der Waals surface area contributed by atoms with E-state index in [-0.39, 0.29) is 6.54 Å². The Labute approximate surface area is 85.5 Å². The van der Waals surface area contributed by atoms with Gasteiger partial charge < -0.3 is 9.88 Å². The molecule has 0 aliphatic rings. The first-order valence-electron chi connectivity index (χ1n) is 4.59. The Morgan fingerprint density at radius 1 is 1.40 bits per heavy atom. The first-order chi connectivity index (χ1) is 6.99. The van der Waals surface area contributed by atoms with Crippen molar-refractivity contribution in [1.82, 2.24) is 20.1 Å². The molecule has 1 heterocycles. The van der Waals surface area contributed by atoms with Crippen LogP contribution in [0.4, 0.5) is 13.2 Å². The summed E-state index contributed by atoms with van der Waals surface area (Å²) < 4.78 is 37.0. The van der Waals surface area contributed by atoms with E-state index in [4.69, 9.17) is 0 Å². The first-order valence-corrected chi connectivity index (χ1v) is 4.59. The Kier molecular flexibility index (Phi) is 4.07. The molecular formula is C8H13F3N4. The van der Waals surface area contributed by atoms with Crippen molar-refractivity contribution in [1.29, 1.82) is 0 Å². The SMILES string of the molecule is Cn1cnnc1CCNCCC(F)(F)F. The van der Waals surface area contributed by atoms with Crippen LogP contribution in [0.5, 0.6) is 0 Å². The molecule has 0 atom stereocenters. The lowest BCUT2D eigenvalue weighted by Crippen LogP contribution is -2.24. The monoisotopic (exact) mass is 222 g/mol. The Morgan fingerprint density at radius 3 is 2.67 bits per heavy atom. The predicted octanol–water partition coefficient (Wildman–Crippen LogP) is 0.900. The fourth-order valence-corrected chi connectivity index (χ4v) is 1.09. The summed E-state index contributed by atoms with van der Waals surface area (Å²) in [6.45, 7) is 0.421. The average molecular weight is 222 g/mol. The summed E-state index contributed by atoms with van der Waals surface area (Å²) in [4.78, 5) is 0. The van der Waals surface area contributed by atoms with Gasteiger partial charge in [-0.3, -0.25) is 0 Å². The zero-order chi connectivity index (χ0) is 11.3. The number of rotatable bonds is 5. The largest absolute Gasteiger partial charge is 0.390 e. The highest BCUT2D eigenvalue weighted by atomic mass is 19.4. The lowest BCUT2D eigenvalue weighted by molar-refractivity contribution is -0.133. The third kappa shape index (κ3) is 4.78. The normalized spacial score (nSPS) is 12.0. The summed E-state index contributed by atoms with van der Waals surface area (Å²) in [6.07, 6.45) is -2.75. The van der Waals surface area contributed by atoms with E-state index in [0.29, 0.717) is 13.0 Å². The van der Waals surface area contributed by atoms with Crippen molar-refractivity contribution in [2.24, 2.45) is 7.05 Å². The predicted molar refractivity (Wildman–Crippen MR) is 48.2 cm³/mol. The van der Waals surface area contributed by atoms with E-state index >= 15 is 0 Å². The van der Waals surface area contributed by atoms with Gasteiger partial charge in [0.1, 0.15) is 12.2 Å². The van der Waals surface area contributed by atoms with Crippen molar-refractivity contribution in [2.45, 2.75) is 19.0 Å². The van der Waals surface area contributed by atoms with Crippen LogP contribution < -0.4 is 5.32 Å². The number of nitrogens with zero attached hydrogens (tertiary/aromatic N) is 3. The summed E-state index contributed by atoms with van der Waals surface area (Å²) >= 11 is 0. The second kappa shape index (κ2) is 5.11. The number of aryl methyl sites for hydroxylation is 1. The van der Waals surface area contributed by atoms with Gasteiger partial charge in [0.2, 0.25) is 0 Å². The summed E-state index contributed by atoms with van der Waals surface area (Å²) in [5, 5.41) is 10.2. The zero-order valence-electron chi connectivity index (χ0n) is 8.38. The van der Waals surface area contributed by atoms with Gasteiger partial charge in [0.15, 0.2) is 0 Å². The third-order valence-electron chi connectivity index (χ3n) is 1.92. The molecule has 1 aromatic rings. The van der Waals surface area contributed by atoms with Gasteiger partial charge in [0, 0.05) is 26.6 Å². The van der Waals surface area contributed by atoms with Gasteiger partial charge >= 0.3 is 6.18 Å². The van der Waals surface area contributed by atoms with Gasteiger partial charge in [-0.15, -0.1) is 10.2 Å². The number of aromatic nitrogens is 3. The number of alkyl halides is 3.